The van der Waals surface area contributed by atoms with Crippen molar-refractivity contribution in [1.82, 2.24) is 9.78 Å². The Morgan fingerprint density at radius 1 is 1.50 bits per heavy atom. The first kappa shape index (κ1) is 12.7. The van der Waals surface area contributed by atoms with Crippen LogP contribution in [0.2, 0.25) is 0 Å². The number of halogens is 3. The van der Waals surface area contributed by atoms with Gasteiger partial charge in [0.2, 0.25) is 0 Å². The Labute approximate surface area is 111 Å². The van der Waals surface area contributed by atoms with Crippen LogP contribution in [0.5, 0.6) is 0 Å². The normalized spacial score (nSPS) is 11.0. The molecule has 0 spiro atoms. The van der Waals surface area contributed by atoms with E-state index in [1.165, 1.54) is 12.4 Å². The van der Waals surface area contributed by atoms with Crippen molar-refractivity contribution < 1.29 is 64.3 Å². The SMILES string of the molecule is Cc1cnn(C[B-](F)(F)F)c1.[K+]. The zero-order chi connectivity index (χ0) is 8.48. The fraction of sp³-hybridized carbons (Fsp3) is 0.400. The maximum Gasteiger partial charge on any atom is 1.00 e. The van der Waals surface area contributed by atoms with Crippen LogP contribution in [0, 0.1) is 6.92 Å². The minimum Gasteiger partial charge on any atom is -0.448 e. The molecule has 62 valence electrons. The standard InChI is InChI=1S/C5H7BF3N2.K/c1-5-2-10-11(3-5)4-6(7,8)9;/h2-3H,4H2,1H3;/q-1;+1. The van der Waals surface area contributed by atoms with Gasteiger partial charge in [-0.2, -0.15) is 5.10 Å². The molecule has 0 aliphatic rings. The molecule has 0 aliphatic heterocycles. The van der Waals surface area contributed by atoms with Gasteiger partial charge in [0.15, 0.2) is 0 Å². The van der Waals surface area contributed by atoms with Crippen molar-refractivity contribution in [1.29, 1.82) is 0 Å². The van der Waals surface area contributed by atoms with Crippen molar-refractivity contribution in [2.45, 2.75) is 13.4 Å². The van der Waals surface area contributed by atoms with E-state index in [0.717, 1.165) is 10.2 Å². The largest absolute Gasteiger partial charge is 1.00 e. The Hall–Kier alpha value is 0.701. The summed E-state index contributed by atoms with van der Waals surface area (Å²) in [6.45, 7) is -3.07. The maximum atomic E-state index is 11.8. The summed E-state index contributed by atoms with van der Waals surface area (Å²) in [5.41, 5.74) is 0.741. The topological polar surface area (TPSA) is 17.8 Å². The van der Waals surface area contributed by atoms with Crippen molar-refractivity contribution in [2.75, 3.05) is 0 Å². The molecule has 0 amide bonds. The molecule has 1 heterocycles. The van der Waals surface area contributed by atoms with Crippen LogP contribution in [0.3, 0.4) is 0 Å². The molecule has 7 heteroatoms. The fourth-order valence-electron chi connectivity index (χ4n) is 0.779. The van der Waals surface area contributed by atoms with Crippen LogP contribution in [0.25, 0.3) is 0 Å². The van der Waals surface area contributed by atoms with Crippen LogP contribution < -0.4 is 51.4 Å². The number of rotatable bonds is 2. The van der Waals surface area contributed by atoms with Crippen LogP contribution in [-0.2, 0) is 6.44 Å². The van der Waals surface area contributed by atoms with Gasteiger partial charge in [0.1, 0.15) is 0 Å². The van der Waals surface area contributed by atoms with E-state index in [9.17, 15) is 12.9 Å². The molecular formula is C5H7BF3KN2. The molecule has 12 heavy (non-hydrogen) atoms. The summed E-state index contributed by atoms with van der Waals surface area (Å²) in [6.07, 6.45) is 1.82. The minimum atomic E-state index is -4.77. The van der Waals surface area contributed by atoms with Crippen LogP contribution >= 0.6 is 0 Å². The van der Waals surface area contributed by atoms with Crippen LogP contribution in [0.1, 0.15) is 5.56 Å². The quantitative estimate of drug-likeness (QED) is 0.538. The Morgan fingerprint density at radius 3 is 2.42 bits per heavy atom. The zero-order valence-electron chi connectivity index (χ0n) is 6.97. The first-order valence-electron chi connectivity index (χ1n) is 3.17. The summed E-state index contributed by atoms with van der Waals surface area (Å²) >= 11 is 0. The van der Waals surface area contributed by atoms with Gasteiger partial charge in [-0.1, -0.05) is 0 Å². The average molecular weight is 202 g/mol. The van der Waals surface area contributed by atoms with Gasteiger partial charge >= 0.3 is 58.4 Å². The summed E-state index contributed by atoms with van der Waals surface area (Å²) in [6, 6.07) is 0. The van der Waals surface area contributed by atoms with Gasteiger partial charge in [0, 0.05) is 12.6 Å². The van der Waals surface area contributed by atoms with Crippen LogP contribution in [0.15, 0.2) is 12.4 Å². The minimum absolute atomic E-state index is 0. The molecule has 0 saturated heterocycles. The third-order valence-corrected chi connectivity index (χ3v) is 1.16. The average Bonchev–Trinajstić information content (AvgIpc) is 2.10. The number of nitrogens with zero attached hydrogens (tertiary/aromatic N) is 2. The summed E-state index contributed by atoms with van der Waals surface area (Å²) in [5, 5.41) is 3.51. The van der Waals surface area contributed by atoms with Gasteiger partial charge in [-0.25, -0.2) is 0 Å². The molecule has 0 radical (unpaired) electrons. The molecule has 2 nitrogen and oxygen atoms in total. The van der Waals surface area contributed by atoms with Crippen LogP contribution in [0.4, 0.5) is 12.9 Å². The number of aromatic nitrogens is 2. The number of aryl methyl sites for hydroxylation is 1. The predicted octanol–water partition coefficient (Wildman–Crippen LogP) is -1.42. The van der Waals surface area contributed by atoms with Crippen LogP contribution in [-0.4, -0.2) is 16.8 Å². The molecule has 1 aromatic rings. The molecule has 0 N–H and O–H groups in total. The summed E-state index contributed by atoms with van der Waals surface area (Å²) in [7, 11) is 0. The van der Waals surface area contributed by atoms with E-state index in [4.69, 9.17) is 0 Å². The zero-order valence-corrected chi connectivity index (χ0v) is 10.1. The van der Waals surface area contributed by atoms with Gasteiger partial charge in [0.25, 0.3) is 0 Å². The van der Waals surface area contributed by atoms with Crippen molar-refractivity contribution in [3.05, 3.63) is 18.0 Å². The second kappa shape index (κ2) is 4.80. The Balaban J connectivity index is 0.00000121. The monoisotopic (exact) mass is 202 g/mol. The third kappa shape index (κ3) is 4.66. The molecule has 0 saturated carbocycles. The van der Waals surface area contributed by atoms with Crippen molar-refractivity contribution in [3.8, 4) is 0 Å². The molecule has 0 atom stereocenters. The van der Waals surface area contributed by atoms with Gasteiger partial charge in [-0.15, -0.1) is 0 Å². The Morgan fingerprint density at radius 2 is 2.08 bits per heavy atom. The number of hydrogen-bond donors (Lipinski definition) is 0. The number of hydrogen-bond acceptors (Lipinski definition) is 1. The van der Waals surface area contributed by atoms with E-state index in [2.05, 4.69) is 5.10 Å². The Bertz CT molecular complexity index is 247. The molecule has 0 bridgehead atoms. The second-order valence-corrected chi connectivity index (χ2v) is 2.45. The summed E-state index contributed by atoms with van der Waals surface area (Å²) in [4.78, 5) is 0. The van der Waals surface area contributed by atoms with Crippen molar-refractivity contribution in [3.63, 3.8) is 0 Å². The molecule has 0 aromatic carbocycles. The summed E-state index contributed by atoms with van der Waals surface area (Å²) < 4.78 is 36.2. The van der Waals surface area contributed by atoms with E-state index >= 15 is 0 Å². The van der Waals surface area contributed by atoms with E-state index in [-0.39, 0.29) is 51.4 Å². The van der Waals surface area contributed by atoms with E-state index < -0.39 is 13.4 Å². The fourth-order valence-corrected chi connectivity index (χ4v) is 0.779. The first-order valence-corrected chi connectivity index (χ1v) is 3.17. The van der Waals surface area contributed by atoms with Crippen molar-refractivity contribution >= 4 is 6.98 Å². The van der Waals surface area contributed by atoms with Gasteiger partial charge in [-0.3, -0.25) is 4.68 Å². The summed E-state index contributed by atoms with van der Waals surface area (Å²) in [5.74, 6) is 0. The van der Waals surface area contributed by atoms with E-state index in [0.29, 0.717) is 0 Å². The smallest absolute Gasteiger partial charge is 0.448 e. The van der Waals surface area contributed by atoms with E-state index in [1.807, 2.05) is 0 Å². The molecular weight excluding hydrogens is 195 g/mol. The third-order valence-electron chi connectivity index (χ3n) is 1.16. The van der Waals surface area contributed by atoms with Crippen molar-refractivity contribution in [2.24, 2.45) is 0 Å². The van der Waals surface area contributed by atoms with Gasteiger partial charge in [-0.05, 0) is 12.5 Å². The Kier molecular flexibility index (Phi) is 5.08. The molecule has 0 aliphatic carbocycles. The molecule has 0 fully saturated rings. The predicted molar refractivity (Wildman–Crippen MR) is 36.0 cm³/mol. The maximum absolute atomic E-state index is 11.8. The van der Waals surface area contributed by atoms with E-state index in [1.54, 1.807) is 6.92 Å². The molecule has 1 aromatic heterocycles. The van der Waals surface area contributed by atoms with Gasteiger partial charge < -0.3 is 12.9 Å². The van der Waals surface area contributed by atoms with Gasteiger partial charge in [0.05, 0.1) is 6.20 Å². The first-order chi connectivity index (χ1) is 4.97. The molecule has 0 unspecified atom stereocenters. The molecule has 1 rings (SSSR count). The second-order valence-electron chi connectivity index (χ2n) is 2.45.